The molecule has 0 radical (unpaired) electrons. The van der Waals surface area contributed by atoms with Crippen LogP contribution in [0.1, 0.15) is 32.9 Å². The fraction of sp³-hybridized carbons (Fsp3) is 0.667. The Morgan fingerprint density at radius 2 is 2.00 bits per heavy atom. The number of pyridine rings is 1. The van der Waals surface area contributed by atoms with Gasteiger partial charge in [0, 0.05) is 37.9 Å². The topological polar surface area (TPSA) is 54.7 Å². The highest BCUT2D eigenvalue weighted by molar-refractivity contribution is 5.20. The molecule has 0 aromatic carbocycles. The monoisotopic (exact) mass is 280 g/mol. The Bertz CT molecular complexity index is 502. The average molecular weight is 280 g/mol. The fourth-order valence-electron chi connectivity index (χ4n) is 2.83. The maximum absolute atomic E-state index is 11.7. The number of hydrogen-bond donors (Lipinski definition) is 1. The summed E-state index contributed by atoms with van der Waals surface area (Å²) in [5.74, 6) is -0.175. The molecule has 1 aromatic rings. The van der Waals surface area contributed by atoms with E-state index in [0.717, 1.165) is 31.7 Å². The number of ether oxygens (including phenoxy) is 1. The zero-order valence-electron chi connectivity index (χ0n) is 12.5. The van der Waals surface area contributed by atoms with Crippen LogP contribution in [-0.4, -0.2) is 39.9 Å². The van der Waals surface area contributed by atoms with Crippen LogP contribution in [0, 0.1) is 0 Å². The summed E-state index contributed by atoms with van der Waals surface area (Å²) in [5.41, 5.74) is 0.651. The molecule has 1 aliphatic heterocycles. The van der Waals surface area contributed by atoms with Gasteiger partial charge in [-0.25, -0.2) is 0 Å². The van der Waals surface area contributed by atoms with E-state index in [4.69, 9.17) is 4.74 Å². The second kappa shape index (κ2) is 6.41. The van der Waals surface area contributed by atoms with E-state index in [9.17, 15) is 9.90 Å². The molecule has 1 aliphatic rings. The highest BCUT2D eigenvalue weighted by atomic mass is 16.5. The van der Waals surface area contributed by atoms with Crippen molar-refractivity contribution in [1.29, 1.82) is 0 Å². The van der Waals surface area contributed by atoms with Gasteiger partial charge in [0.25, 0.3) is 0 Å². The molecule has 112 valence electrons. The molecule has 2 heterocycles. The summed E-state index contributed by atoms with van der Waals surface area (Å²) in [6.07, 6.45) is 2.93. The average Bonchev–Trinajstić information content (AvgIpc) is 2.34. The predicted octanol–water partition coefficient (Wildman–Crippen LogP) is 1.57. The Kier molecular flexibility index (Phi) is 4.83. The van der Waals surface area contributed by atoms with Gasteiger partial charge in [0.1, 0.15) is 0 Å². The van der Waals surface area contributed by atoms with Gasteiger partial charge in [0.2, 0.25) is 5.43 Å². The first kappa shape index (κ1) is 15.1. The SMILES string of the molecule is CCCn1cc(O)c(=O)cc1CN1CC(C)OC(C)C1. The minimum atomic E-state index is -0.304. The van der Waals surface area contributed by atoms with E-state index < -0.39 is 0 Å². The lowest BCUT2D eigenvalue weighted by Crippen LogP contribution is -2.45. The second-order valence-corrected chi connectivity index (χ2v) is 5.66. The van der Waals surface area contributed by atoms with E-state index >= 15 is 0 Å². The van der Waals surface area contributed by atoms with Gasteiger partial charge in [-0.15, -0.1) is 0 Å². The van der Waals surface area contributed by atoms with Crippen molar-refractivity contribution < 1.29 is 9.84 Å². The van der Waals surface area contributed by atoms with Crippen LogP contribution in [0.15, 0.2) is 17.1 Å². The third-order valence-corrected chi connectivity index (χ3v) is 3.54. The van der Waals surface area contributed by atoms with E-state index in [2.05, 4.69) is 25.7 Å². The second-order valence-electron chi connectivity index (χ2n) is 5.66. The Labute approximate surface area is 119 Å². The first-order valence-electron chi connectivity index (χ1n) is 7.29. The van der Waals surface area contributed by atoms with Gasteiger partial charge in [0.05, 0.1) is 18.4 Å². The van der Waals surface area contributed by atoms with Crippen LogP contribution in [0.25, 0.3) is 0 Å². The Balaban J connectivity index is 2.19. The number of hydrogen-bond acceptors (Lipinski definition) is 4. The summed E-state index contributed by atoms with van der Waals surface area (Å²) >= 11 is 0. The van der Waals surface area contributed by atoms with Crippen LogP contribution >= 0.6 is 0 Å². The largest absolute Gasteiger partial charge is 0.503 e. The highest BCUT2D eigenvalue weighted by Crippen LogP contribution is 2.15. The number of aromatic nitrogens is 1. The first-order chi connectivity index (χ1) is 9.49. The third kappa shape index (κ3) is 3.61. The van der Waals surface area contributed by atoms with Crippen molar-refractivity contribution in [3.8, 4) is 5.75 Å². The number of aromatic hydroxyl groups is 1. The molecule has 1 saturated heterocycles. The Hall–Kier alpha value is -1.33. The summed E-state index contributed by atoms with van der Waals surface area (Å²) in [4.78, 5) is 14.0. The smallest absolute Gasteiger partial charge is 0.223 e. The Morgan fingerprint density at radius 1 is 1.35 bits per heavy atom. The molecule has 0 aliphatic carbocycles. The van der Waals surface area contributed by atoms with Gasteiger partial charge in [0.15, 0.2) is 5.75 Å². The lowest BCUT2D eigenvalue weighted by atomic mass is 10.2. The van der Waals surface area contributed by atoms with E-state index in [-0.39, 0.29) is 23.4 Å². The molecule has 20 heavy (non-hydrogen) atoms. The van der Waals surface area contributed by atoms with Gasteiger partial charge in [-0.1, -0.05) is 6.92 Å². The molecule has 2 rings (SSSR count). The quantitative estimate of drug-likeness (QED) is 0.909. The zero-order valence-corrected chi connectivity index (χ0v) is 12.5. The molecule has 1 N–H and O–H groups in total. The normalized spacial score (nSPS) is 23.9. The summed E-state index contributed by atoms with van der Waals surface area (Å²) in [5, 5.41) is 9.57. The van der Waals surface area contributed by atoms with Crippen LogP contribution < -0.4 is 5.43 Å². The van der Waals surface area contributed by atoms with Crippen LogP contribution in [0.3, 0.4) is 0 Å². The minimum absolute atomic E-state index is 0.175. The number of nitrogens with zero attached hydrogens (tertiary/aromatic N) is 2. The van der Waals surface area contributed by atoms with E-state index in [1.165, 1.54) is 0 Å². The fourth-order valence-corrected chi connectivity index (χ4v) is 2.83. The lowest BCUT2D eigenvalue weighted by Gasteiger charge is -2.35. The summed E-state index contributed by atoms with van der Waals surface area (Å²) < 4.78 is 7.70. The van der Waals surface area contributed by atoms with Crippen molar-refractivity contribution >= 4 is 0 Å². The molecule has 0 spiro atoms. The zero-order chi connectivity index (χ0) is 14.7. The van der Waals surface area contributed by atoms with Gasteiger partial charge in [-0.05, 0) is 20.3 Å². The maximum Gasteiger partial charge on any atom is 0.223 e. The van der Waals surface area contributed by atoms with Crippen LogP contribution in [0.5, 0.6) is 5.75 Å². The van der Waals surface area contributed by atoms with Gasteiger partial charge >= 0.3 is 0 Å². The molecule has 2 unspecified atom stereocenters. The standard InChI is InChI=1S/C15H24N2O3/c1-4-5-17-10-15(19)14(18)6-13(17)9-16-7-11(2)20-12(3)8-16/h6,10-12,19H,4-5,7-9H2,1-3H3. The van der Waals surface area contributed by atoms with Crippen molar-refractivity contribution in [2.24, 2.45) is 0 Å². The minimum Gasteiger partial charge on any atom is -0.503 e. The van der Waals surface area contributed by atoms with Crippen molar-refractivity contribution in [3.63, 3.8) is 0 Å². The van der Waals surface area contributed by atoms with Crippen molar-refractivity contribution in [2.45, 2.75) is 52.5 Å². The van der Waals surface area contributed by atoms with Gasteiger partial charge in [-0.2, -0.15) is 0 Å². The molecule has 1 aromatic heterocycles. The highest BCUT2D eigenvalue weighted by Gasteiger charge is 2.22. The van der Waals surface area contributed by atoms with Crippen molar-refractivity contribution in [2.75, 3.05) is 13.1 Å². The molecular weight excluding hydrogens is 256 g/mol. The van der Waals surface area contributed by atoms with E-state index in [0.29, 0.717) is 6.54 Å². The van der Waals surface area contributed by atoms with Gasteiger partial charge in [-0.3, -0.25) is 9.69 Å². The predicted molar refractivity (Wildman–Crippen MR) is 77.9 cm³/mol. The number of morpholine rings is 1. The third-order valence-electron chi connectivity index (χ3n) is 3.54. The maximum atomic E-state index is 11.7. The molecule has 1 fully saturated rings. The summed E-state index contributed by atoms with van der Waals surface area (Å²) in [6, 6.07) is 1.55. The molecule has 5 nitrogen and oxygen atoms in total. The lowest BCUT2D eigenvalue weighted by molar-refractivity contribution is -0.0710. The first-order valence-corrected chi connectivity index (χ1v) is 7.29. The molecule has 0 amide bonds. The van der Waals surface area contributed by atoms with Crippen molar-refractivity contribution in [3.05, 3.63) is 28.2 Å². The molecule has 0 bridgehead atoms. The van der Waals surface area contributed by atoms with Crippen LogP contribution in [-0.2, 0) is 17.8 Å². The van der Waals surface area contributed by atoms with Gasteiger partial charge < -0.3 is 14.4 Å². The molecule has 2 atom stereocenters. The van der Waals surface area contributed by atoms with E-state index in [1.54, 1.807) is 12.3 Å². The van der Waals surface area contributed by atoms with Crippen molar-refractivity contribution in [1.82, 2.24) is 9.47 Å². The molecule has 0 saturated carbocycles. The summed E-state index contributed by atoms with van der Waals surface area (Å²) in [6.45, 7) is 9.47. The van der Waals surface area contributed by atoms with Crippen LogP contribution in [0.2, 0.25) is 0 Å². The number of rotatable bonds is 4. The molecule has 5 heteroatoms. The van der Waals surface area contributed by atoms with E-state index in [1.807, 2.05) is 4.57 Å². The van der Waals surface area contributed by atoms with Crippen LogP contribution in [0.4, 0.5) is 0 Å². The number of aryl methyl sites for hydroxylation is 1. The molecular formula is C15H24N2O3. The summed E-state index contributed by atoms with van der Waals surface area (Å²) in [7, 11) is 0. The Morgan fingerprint density at radius 3 is 2.60 bits per heavy atom.